The maximum atomic E-state index is 12.5. The summed E-state index contributed by atoms with van der Waals surface area (Å²) in [7, 11) is 1.73. The van der Waals surface area contributed by atoms with Crippen molar-refractivity contribution >= 4 is 29.1 Å². The molecule has 1 aromatic heterocycles. The van der Waals surface area contributed by atoms with Crippen molar-refractivity contribution in [2.45, 2.75) is 19.4 Å². The van der Waals surface area contributed by atoms with E-state index in [9.17, 15) is 9.90 Å². The third kappa shape index (κ3) is 3.72. The topological polar surface area (TPSA) is 48.7 Å². The lowest BCUT2D eigenvalue weighted by molar-refractivity contribution is 0.0516. The summed E-state index contributed by atoms with van der Waals surface area (Å²) in [6, 6.07) is 1.61. The molecule has 5 nitrogen and oxygen atoms in total. The van der Waals surface area contributed by atoms with Crippen molar-refractivity contribution in [2.24, 2.45) is 7.05 Å². The van der Waals surface area contributed by atoms with Crippen LogP contribution in [0, 0.1) is 0 Å². The van der Waals surface area contributed by atoms with Crippen LogP contribution in [0.25, 0.3) is 0 Å². The van der Waals surface area contributed by atoms with Crippen molar-refractivity contribution in [3.63, 3.8) is 0 Å². The molecule has 1 atom stereocenters. The van der Waals surface area contributed by atoms with E-state index in [0.717, 1.165) is 19.5 Å². The van der Waals surface area contributed by atoms with Crippen molar-refractivity contribution in [3.8, 4) is 0 Å². The van der Waals surface area contributed by atoms with E-state index in [-0.39, 0.29) is 12.0 Å². The minimum atomic E-state index is -0.294. The first-order valence-corrected chi connectivity index (χ1v) is 7.90. The molecule has 0 aliphatic carbocycles. The molecule has 0 saturated carbocycles. The molecule has 21 heavy (non-hydrogen) atoms. The number of hydrogen-bond donors (Lipinski definition) is 1. The van der Waals surface area contributed by atoms with E-state index in [0.29, 0.717) is 35.5 Å². The molecule has 0 radical (unpaired) electrons. The van der Waals surface area contributed by atoms with Crippen LogP contribution in [0.1, 0.15) is 23.8 Å². The molecular formula is C14H21Cl2N3O2. The van der Waals surface area contributed by atoms with Gasteiger partial charge < -0.3 is 14.6 Å². The Hall–Kier alpha value is -0.750. The summed E-state index contributed by atoms with van der Waals surface area (Å²) < 4.78 is 1.61. The lowest BCUT2D eigenvalue weighted by atomic mass is 10.2. The van der Waals surface area contributed by atoms with Gasteiger partial charge in [-0.2, -0.15) is 0 Å². The van der Waals surface area contributed by atoms with Crippen molar-refractivity contribution in [3.05, 3.63) is 21.9 Å². The first-order chi connectivity index (χ1) is 9.93. The Morgan fingerprint density at radius 3 is 2.43 bits per heavy atom. The molecule has 0 unspecified atom stereocenters. The number of rotatable bonds is 4. The summed E-state index contributed by atoms with van der Waals surface area (Å²) in [6.07, 6.45) is 0.456. The Morgan fingerprint density at radius 1 is 1.33 bits per heavy atom. The normalized spacial score (nSPS) is 18.0. The number of aliphatic hydroxyl groups excluding tert-OH is 1. The molecular weight excluding hydrogens is 313 g/mol. The van der Waals surface area contributed by atoms with Gasteiger partial charge in [0.1, 0.15) is 10.8 Å². The van der Waals surface area contributed by atoms with Crippen molar-refractivity contribution in [1.29, 1.82) is 0 Å². The second kappa shape index (κ2) is 7.01. The van der Waals surface area contributed by atoms with Gasteiger partial charge >= 0.3 is 0 Å². The lowest BCUT2D eigenvalue weighted by Crippen LogP contribution is -2.50. The molecule has 1 N–H and O–H groups in total. The largest absolute Gasteiger partial charge is 0.392 e. The summed E-state index contributed by atoms with van der Waals surface area (Å²) in [4.78, 5) is 16.5. The van der Waals surface area contributed by atoms with E-state index in [4.69, 9.17) is 23.2 Å². The zero-order valence-electron chi connectivity index (χ0n) is 12.4. The average Bonchev–Trinajstić information content (AvgIpc) is 2.75. The first-order valence-electron chi connectivity index (χ1n) is 7.14. The van der Waals surface area contributed by atoms with Crippen LogP contribution in [0.3, 0.4) is 0 Å². The van der Waals surface area contributed by atoms with Crippen LogP contribution in [-0.4, -0.2) is 64.2 Å². The minimum Gasteiger partial charge on any atom is -0.392 e. The number of halogens is 2. The Morgan fingerprint density at radius 2 is 1.95 bits per heavy atom. The molecule has 2 rings (SSSR count). The molecule has 1 aliphatic rings. The second-order valence-electron chi connectivity index (χ2n) is 5.38. The van der Waals surface area contributed by atoms with Gasteiger partial charge in [0.2, 0.25) is 0 Å². The summed E-state index contributed by atoms with van der Waals surface area (Å²) >= 11 is 12.0. The fourth-order valence-corrected chi connectivity index (χ4v) is 2.85. The Balaban J connectivity index is 1.95. The smallest absolute Gasteiger partial charge is 0.270 e. The molecule has 2 heterocycles. The lowest BCUT2D eigenvalue weighted by Gasteiger charge is -2.35. The summed E-state index contributed by atoms with van der Waals surface area (Å²) in [6.45, 7) is 5.47. The van der Waals surface area contributed by atoms with Gasteiger partial charge in [-0.15, -0.1) is 0 Å². The first kappa shape index (κ1) is 16.6. The van der Waals surface area contributed by atoms with Crippen LogP contribution in [0.2, 0.25) is 10.2 Å². The fourth-order valence-electron chi connectivity index (χ4n) is 2.47. The van der Waals surface area contributed by atoms with Crippen molar-refractivity contribution in [2.75, 3.05) is 32.7 Å². The molecule has 0 aromatic carbocycles. The van der Waals surface area contributed by atoms with E-state index in [1.54, 1.807) is 22.6 Å². The van der Waals surface area contributed by atoms with Crippen LogP contribution >= 0.6 is 23.2 Å². The van der Waals surface area contributed by atoms with Crippen LogP contribution in [0.15, 0.2) is 6.07 Å². The standard InChI is InChI=1S/C14H21Cl2N3O2/c1-3-10(20)9-18-4-6-19(7-5-18)14(21)12-8-11(15)13(16)17(12)2/h8,10,20H,3-7,9H2,1-2H3/t10-/m1/s1. The molecule has 0 spiro atoms. The fraction of sp³-hybridized carbons (Fsp3) is 0.643. The minimum absolute atomic E-state index is 0.0537. The molecule has 1 amide bonds. The quantitative estimate of drug-likeness (QED) is 0.914. The molecule has 1 fully saturated rings. The van der Waals surface area contributed by atoms with E-state index < -0.39 is 0 Å². The SMILES string of the molecule is CC[C@@H](O)CN1CCN(C(=O)c2cc(Cl)c(Cl)n2C)CC1. The number of aromatic nitrogens is 1. The zero-order valence-corrected chi connectivity index (χ0v) is 13.9. The highest BCUT2D eigenvalue weighted by atomic mass is 35.5. The second-order valence-corrected chi connectivity index (χ2v) is 6.15. The van der Waals surface area contributed by atoms with Crippen molar-refractivity contribution in [1.82, 2.24) is 14.4 Å². The summed E-state index contributed by atoms with van der Waals surface area (Å²) in [5.74, 6) is -0.0537. The number of amides is 1. The number of piperazine rings is 1. The number of hydrogen-bond acceptors (Lipinski definition) is 3. The van der Waals surface area contributed by atoms with Crippen LogP contribution in [-0.2, 0) is 7.05 Å². The van der Waals surface area contributed by atoms with E-state index >= 15 is 0 Å². The Kier molecular flexibility index (Phi) is 5.54. The molecule has 118 valence electrons. The monoisotopic (exact) mass is 333 g/mol. The third-order valence-corrected chi connectivity index (χ3v) is 4.78. The number of aliphatic hydroxyl groups is 1. The van der Waals surface area contributed by atoms with E-state index in [1.165, 1.54) is 0 Å². The van der Waals surface area contributed by atoms with Gasteiger partial charge in [0.05, 0.1) is 11.1 Å². The number of carbonyl (C=O) groups excluding carboxylic acids is 1. The zero-order chi connectivity index (χ0) is 15.6. The van der Waals surface area contributed by atoms with Gasteiger partial charge in [-0.3, -0.25) is 9.69 Å². The van der Waals surface area contributed by atoms with Crippen LogP contribution < -0.4 is 0 Å². The van der Waals surface area contributed by atoms with Gasteiger partial charge in [-0.1, -0.05) is 30.1 Å². The van der Waals surface area contributed by atoms with Gasteiger partial charge in [-0.25, -0.2) is 0 Å². The van der Waals surface area contributed by atoms with Gasteiger partial charge in [-0.05, 0) is 12.5 Å². The van der Waals surface area contributed by atoms with Gasteiger partial charge in [0.15, 0.2) is 0 Å². The van der Waals surface area contributed by atoms with Crippen molar-refractivity contribution < 1.29 is 9.90 Å². The molecule has 0 bridgehead atoms. The van der Waals surface area contributed by atoms with E-state index in [1.807, 2.05) is 6.92 Å². The summed E-state index contributed by atoms with van der Waals surface area (Å²) in [5, 5.41) is 10.5. The number of nitrogens with zero attached hydrogens (tertiary/aromatic N) is 3. The number of β-amino-alcohol motifs (C(OH)–C–C–N with tert-alkyl or cyclic N) is 1. The Labute approximate surface area is 135 Å². The summed E-state index contributed by atoms with van der Waals surface area (Å²) in [5.41, 5.74) is 0.507. The van der Waals surface area contributed by atoms with Gasteiger partial charge in [0.25, 0.3) is 5.91 Å². The molecule has 1 saturated heterocycles. The van der Waals surface area contributed by atoms with Gasteiger partial charge in [0, 0.05) is 39.8 Å². The molecule has 1 aliphatic heterocycles. The maximum absolute atomic E-state index is 12.5. The van der Waals surface area contributed by atoms with E-state index in [2.05, 4.69) is 4.90 Å². The highest BCUT2D eigenvalue weighted by molar-refractivity contribution is 6.41. The molecule has 1 aromatic rings. The Bertz CT molecular complexity index is 511. The third-order valence-electron chi connectivity index (χ3n) is 3.94. The average molecular weight is 334 g/mol. The van der Waals surface area contributed by atoms with Crippen LogP contribution in [0.5, 0.6) is 0 Å². The highest BCUT2D eigenvalue weighted by Crippen LogP contribution is 2.26. The van der Waals surface area contributed by atoms with Crippen LogP contribution in [0.4, 0.5) is 0 Å². The highest BCUT2D eigenvalue weighted by Gasteiger charge is 2.25. The predicted molar refractivity (Wildman–Crippen MR) is 84.1 cm³/mol. The number of carbonyl (C=O) groups is 1. The predicted octanol–water partition coefficient (Wildman–Crippen LogP) is 1.86. The molecule has 7 heteroatoms. The maximum Gasteiger partial charge on any atom is 0.270 e.